The number of hydrogen-bond acceptors (Lipinski definition) is 6. The highest BCUT2D eigenvalue weighted by Gasteiger charge is 2.37. The van der Waals surface area contributed by atoms with E-state index in [4.69, 9.17) is 24.0 Å². The van der Waals surface area contributed by atoms with Crippen molar-refractivity contribution in [3.63, 3.8) is 0 Å². The van der Waals surface area contributed by atoms with Crippen LogP contribution in [0.15, 0.2) is 30.3 Å². The maximum atomic E-state index is 12.2. The van der Waals surface area contributed by atoms with E-state index in [9.17, 15) is 4.79 Å². The molecule has 5 atom stereocenters. The van der Waals surface area contributed by atoms with Crippen LogP contribution in [-0.4, -0.2) is 30.8 Å². The molecule has 1 aromatic rings. The third-order valence-corrected chi connectivity index (χ3v) is 5.01. The molecule has 2 bridgehead atoms. The van der Waals surface area contributed by atoms with Crippen molar-refractivity contribution in [3.05, 3.63) is 35.9 Å². The number of carbonyl (C=O) groups is 1. The van der Waals surface area contributed by atoms with Gasteiger partial charge in [0.1, 0.15) is 6.61 Å². The fourth-order valence-electron chi connectivity index (χ4n) is 3.37. The Balaban J connectivity index is 1.62. The van der Waals surface area contributed by atoms with Crippen LogP contribution in [-0.2, 0) is 30.6 Å². The van der Waals surface area contributed by atoms with E-state index in [2.05, 4.69) is 6.92 Å². The Hall–Kier alpha value is -1.63. The normalized spacial score (nSPS) is 32.5. The Morgan fingerprint density at radius 1 is 1.04 bits per heavy atom. The fraction of sp³-hybridized carbons (Fsp3) is 0.650. The van der Waals surface area contributed by atoms with Crippen LogP contribution in [0.25, 0.3) is 0 Å². The molecule has 2 aliphatic rings. The summed E-state index contributed by atoms with van der Waals surface area (Å²) in [5.74, 6) is 0.396. The second-order valence-electron chi connectivity index (χ2n) is 7.21. The summed E-state index contributed by atoms with van der Waals surface area (Å²) in [6, 6.07) is 9.48. The van der Waals surface area contributed by atoms with Crippen molar-refractivity contribution < 1.29 is 28.8 Å². The molecular weight excluding hydrogens is 336 g/mol. The van der Waals surface area contributed by atoms with Gasteiger partial charge in [0.05, 0.1) is 12.2 Å². The second kappa shape index (κ2) is 9.35. The highest BCUT2D eigenvalue weighted by atomic mass is 17.2. The van der Waals surface area contributed by atoms with E-state index in [0.29, 0.717) is 12.3 Å². The van der Waals surface area contributed by atoms with Crippen LogP contribution in [0, 0.1) is 5.92 Å². The summed E-state index contributed by atoms with van der Waals surface area (Å²) in [7, 11) is 0. The largest absolute Gasteiger partial charge is 0.511 e. The molecule has 0 aromatic heterocycles. The highest BCUT2D eigenvalue weighted by molar-refractivity contribution is 5.60. The molecule has 2 aliphatic heterocycles. The maximum absolute atomic E-state index is 12.2. The van der Waals surface area contributed by atoms with Crippen molar-refractivity contribution in [3.8, 4) is 0 Å². The van der Waals surface area contributed by atoms with E-state index in [1.165, 1.54) is 0 Å². The molecule has 0 amide bonds. The lowest BCUT2D eigenvalue weighted by Crippen LogP contribution is -2.41. The van der Waals surface area contributed by atoms with Gasteiger partial charge >= 0.3 is 6.16 Å². The summed E-state index contributed by atoms with van der Waals surface area (Å²) < 4.78 is 16.8. The molecule has 6 nitrogen and oxygen atoms in total. The van der Waals surface area contributed by atoms with Crippen molar-refractivity contribution in [2.45, 2.75) is 77.2 Å². The molecule has 3 rings (SSSR count). The average molecular weight is 364 g/mol. The smallest absolute Gasteiger partial charge is 0.429 e. The lowest BCUT2D eigenvalue weighted by Gasteiger charge is -2.33. The van der Waals surface area contributed by atoms with Gasteiger partial charge in [-0.05, 0) is 44.1 Å². The van der Waals surface area contributed by atoms with Crippen molar-refractivity contribution in [2.24, 2.45) is 5.92 Å². The average Bonchev–Trinajstić information content (AvgIpc) is 2.69. The molecule has 0 aliphatic carbocycles. The van der Waals surface area contributed by atoms with Gasteiger partial charge in [-0.3, -0.25) is 0 Å². The van der Waals surface area contributed by atoms with Gasteiger partial charge in [0.25, 0.3) is 0 Å². The van der Waals surface area contributed by atoms with Gasteiger partial charge in [0.2, 0.25) is 6.29 Å². The Morgan fingerprint density at radius 3 is 2.65 bits per heavy atom. The lowest BCUT2D eigenvalue weighted by atomic mass is 9.92. The van der Waals surface area contributed by atoms with Gasteiger partial charge in [-0.25, -0.2) is 14.6 Å². The predicted molar refractivity (Wildman–Crippen MR) is 94.0 cm³/mol. The topological polar surface area (TPSA) is 63.2 Å². The summed E-state index contributed by atoms with van der Waals surface area (Å²) >= 11 is 0. The van der Waals surface area contributed by atoms with E-state index in [-0.39, 0.29) is 18.8 Å². The molecule has 0 saturated carbocycles. The number of rotatable bonds is 3. The molecule has 0 N–H and O–H groups in total. The molecular formula is C20H28O6. The third-order valence-electron chi connectivity index (χ3n) is 5.01. The first-order valence-corrected chi connectivity index (χ1v) is 9.46. The number of fused-ring (bicyclic) bond motifs is 3. The van der Waals surface area contributed by atoms with E-state index in [1.807, 2.05) is 37.3 Å². The van der Waals surface area contributed by atoms with Crippen LogP contribution in [0.1, 0.15) is 51.5 Å². The van der Waals surface area contributed by atoms with E-state index in [1.54, 1.807) is 0 Å². The van der Waals surface area contributed by atoms with E-state index in [0.717, 1.165) is 31.2 Å². The van der Waals surface area contributed by atoms with Crippen LogP contribution in [0.5, 0.6) is 0 Å². The van der Waals surface area contributed by atoms with Gasteiger partial charge in [0, 0.05) is 0 Å². The van der Waals surface area contributed by atoms with Crippen LogP contribution in [0.3, 0.4) is 0 Å². The second-order valence-corrected chi connectivity index (χ2v) is 7.21. The van der Waals surface area contributed by atoms with Crippen LogP contribution >= 0.6 is 0 Å². The highest BCUT2D eigenvalue weighted by Crippen LogP contribution is 2.30. The maximum Gasteiger partial charge on any atom is 0.511 e. The minimum Gasteiger partial charge on any atom is -0.429 e. The minimum atomic E-state index is -0.823. The molecule has 2 saturated heterocycles. The SMILES string of the molecule is CC1CCC2OC(OC(=O)OCc3ccccc3)C(CCCC2C)OO1. The van der Waals surface area contributed by atoms with Crippen LogP contribution in [0.2, 0.25) is 0 Å². The van der Waals surface area contributed by atoms with E-state index < -0.39 is 18.5 Å². The quantitative estimate of drug-likeness (QED) is 0.586. The monoisotopic (exact) mass is 364 g/mol. The predicted octanol–water partition coefficient (Wildman–Crippen LogP) is 4.37. The summed E-state index contributed by atoms with van der Waals surface area (Å²) in [6.45, 7) is 4.32. The summed E-state index contributed by atoms with van der Waals surface area (Å²) in [4.78, 5) is 23.2. The minimum absolute atomic E-state index is 0.0115. The Kier molecular flexibility index (Phi) is 6.88. The fourth-order valence-corrected chi connectivity index (χ4v) is 3.37. The number of hydrogen-bond donors (Lipinski definition) is 0. The molecule has 0 spiro atoms. The molecule has 6 heteroatoms. The van der Waals surface area contributed by atoms with Crippen molar-refractivity contribution in [1.29, 1.82) is 0 Å². The zero-order valence-electron chi connectivity index (χ0n) is 15.5. The van der Waals surface area contributed by atoms with Gasteiger partial charge < -0.3 is 14.2 Å². The molecule has 2 fully saturated rings. The third kappa shape index (κ3) is 5.43. The first-order chi connectivity index (χ1) is 12.6. The first kappa shape index (κ1) is 19.1. The summed E-state index contributed by atoms with van der Waals surface area (Å²) in [5.41, 5.74) is 0.900. The Morgan fingerprint density at radius 2 is 1.85 bits per heavy atom. The molecule has 2 heterocycles. The Bertz CT molecular complexity index is 563. The van der Waals surface area contributed by atoms with Crippen molar-refractivity contribution in [1.82, 2.24) is 0 Å². The molecule has 0 radical (unpaired) electrons. The number of ether oxygens (including phenoxy) is 3. The molecule has 144 valence electrons. The summed E-state index contributed by atoms with van der Waals surface area (Å²) in [5, 5.41) is 0. The number of benzene rings is 1. The lowest BCUT2D eigenvalue weighted by molar-refractivity contribution is -0.378. The summed E-state index contributed by atoms with van der Waals surface area (Å²) in [6.07, 6.45) is 2.39. The molecule has 1 aromatic carbocycles. The van der Waals surface area contributed by atoms with Crippen molar-refractivity contribution in [2.75, 3.05) is 0 Å². The standard InChI is InChI=1S/C20H28O6/c1-14-7-6-10-18-19(23-17(14)12-11-15(2)25-26-18)24-20(21)22-13-16-8-4-3-5-9-16/h3-5,8-9,14-15,17-19H,6-7,10-13H2,1-2H3. The number of carbonyl (C=O) groups excluding carboxylic acids is 1. The van der Waals surface area contributed by atoms with Crippen LogP contribution < -0.4 is 0 Å². The zero-order valence-corrected chi connectivity index (χ0v) is 15.5. The van der Waals surface area contributed by atoms with Gasteiger partial charge in [-0.2, -0.15) is 0 Å². The van der Waals surface area contributed by atoms with E-state index >= 15 is 0 Å². The van der Waals surface area contributed by atoms with Gasteiger partial charge in [-0.15, -0.1) is 0 Å². The van der Waals surface area contributed by atoms with Gasteiger partial charge in [0.15, 0.2) is 6.10 Å². The molecule has 5 unspecified atom stereocenters. The molecule has 26 heavy (non-hydrogen) atoms. The Labute approximate surface area is 154 Å². The van der Waals surface area contributed by atoms with Crippen molar-refractivity contribution >= 4 is 6.16 Å². The van der Waals surface area contributed by atoms with Crippen LogP contribution in [0.4, 0.5) is 4.79 Å². The zero-order chi connectivity index (χ0) is 18.4. The first-order valence-electron chi connectivity index (χ1n) is 9.46. The van der Waals surface area contributed by atoms with Gasteiger partial charge in [-0.1, -0.05) is 43.7 Å².